The largest absolute Gasteiger partial charge is 0.455 e. The first-order chi connectivity index (χ1) is 12.0. The second-order valence-corrected chi connectivity index (χ2v) is 5.96. The van der Waals surface area contributed by atoms with E-state index in [0.717, 1.165) is 12.8 Å². The van der Waals surface area contributed by atoms with Crippen molar-refractivity contribution >= 4 is 11.9 Å². The molecule has 0 aliphatic rings. The van der Waals surface area contributed by atoms with E-state index >= 15 is 0 Å². The predicted molar refractivity (Wildman–Crippen MR) is 93.4 cm³/mol. The van der Waals surface area contributed by atoms with Crippen LogP contribution in [0.4, 0.5) is 4.39 Å². The Kier molecular flexibility index (Phi) is 7.14. The number of carbonyl (C=O) groups is 2. The Morgan fingerprint density at radius 1 is 1.04 bits per heavy atom. The van der Waals surface area contributed by atoms with Crippen LogP contribution in [-0.4, -0.2) is 24.5 Å². The molecule has 1 atom stereocenters. The summed E-state index contributed by atoms with van der Waals surface area (Å²) in [6, 6.07) is 15.6. The van der Waals surface area contributed by atoms with Crippen LogP contribution >= 0.6 is 0 Å². The van der Waals surface area contributed by atoms with Crippen molar-refractivity contribution < 1.29 is 18.7 Å². The molecule has 2 aromatic rings. The van der Waals surface area contributed by atoms with E-state index in [1.807, 2.05) is 37.3 Å². The molecule has 132 valence electrons. The van der Waals surface area contributed by atoms with Crippen LogP contribution in [0, 0.1) is 5.82 Å². The fourth-order valence-electron chi connectivity index (χ4n) is 2.38. The summed E-state index contributed by atoms with van der Waals surface area (Å²) in [7, 11) is 0. The predicted octanol–water partition coefficient (Wildman–Crippen LogP) is 3.05. The van der Waals surface area contributed by atoms with Crippen molar-refractivity contribution in [2.45, 2.75) is 32.2 Å². The van der Waals surface area contributed by atoms with Crippen molar-refractivity contribution in [2.75, 3.05) is 6.61 Å². The van der Waals surface area contributed by atoms with Crippen LogP contribution in [0.2, 0.25) is 0 Å². The van der Waals surface area contributed by atoms with Crippen LogP contribution in [0.3, 0.4) is 0 Å². The van der Waals surface area contributed by atoms with Crippen molar-refractivity contribution in [1.29, 1.82) is 0 Å². The summed E-state index contributed by atoms with van der Waals surface area (Å²) in [5, 5.41) is 2.81. The zero-order chi connectivity index (χ0) is 18.1. The van der Waals surface area contributed by atoms with E-state index in [-0.39, 0.29) is 30.8 Å². The number of rotatable bonds is 8. The standard InChI is InChI=1S/C20H22FNO3/c1-15(7-8-16-5-3-2-4-6-16)22-19(23)14-25-20(24)13-17-9-11-18(21)12-10-17/h2-6,9-12,15H,7-8,13-14H2,1H3,(H,22,23). The monoisotopic (exact) mass is 343 g/mol. The summed E-state index contributed by atoms with van der Waals surface area (Å²) in [4.78, 5) is 23.5. The van der Waals surface area contributed by atoms with Gasteiger partial charge in [-0.2, -0.15) is 0 Å². The van der Waals surface area contributed by atoms with E-state index in [2.05, 4.69) is 5.32 Å². The number of nitrogens with one attached hydrogen (secondary N) is 1. The molecule has 4 nitrogen and oxygen atoms in total. The van der Waals surface area contributed by atoms with Gasteiger partial charge >= 0.3 is 5.97 Å². The maximum absolute atomic E-state index is 12.8. The molecule has 1 amide bonds. The molecule has 2 aromatic carbocycles. The summed E-state index contributed by atoms with van der Waals surface area (Å²) in [5.41, 5.74) is 1.86. The third kappa shape index (κ3) is 7.16. The molecule has 1 N–H and O–H groups in total. The van der Waals surface area contributed by atoms with E-state index in [1.165, 1.54) is 29.8 Å². The topological polar surface area (TPSA) is 55.4 Å². The summed E-state index contributed by atoms with van der Waals surface area (Å²) in [6.07, 6.45) is 1.68. The Labute approximate surface area is 147 Å². The van der Waals surface area contributed by atoms with Crippen LogP contribution < -0.4 is 5.32 Å². The third-order valence-electron chi connectivity index (χ3n) is 3.74. The number of halogens is 1. The Morgan fingerprint density at radius 2 is 1.72 bits per heavy atom. The molecule has 2 rings (SSSR count). The van der Waals surface area contributed by atoms with Gasteiger partial charge in [-0.05, 0) is 43.0 Å². The zero-order valence-electron chi connectivity index (χ0n) is 14.2. The highest BCUT2D eigenvalue weighted by Crippen LogP contribution is 2.06. The number of carbonyl (C=O) groups excluding carboxylic acids is 2. The molecule has 0 fully saturated rings. The summed E-state index contributed by atoms with van der Waals surface area (Å²) in [5.74, 6) is -1.20. The molecule has 0 spiro atoms. The molecule has 5 heteroatoms. The normalized spacial score (nSPS) is 11.6. The lowest BCUT2D eigenvalue weighted by Crippen LogP contribution is -2.36. The SMILES string of the molecule is CC(CCc1ccccc1)NC(=O)COC(=O)Cc1ccc(F)cc1. The van der Waals surface area contributed by atoms with Gasteiger partial charge in [-0.1, -0.05) is 42.5 Å². The Bertz CT molecular complexity index is 686. The molecule has 0 aliphatic carbocycles. The Hall–Kier alpha value is -2.69. The Balaban J connectivity index is 1.65. The van der Waals surface area contributed by atoms with E-state index in [4.69, 9.17) is 4.74 Å². The first-order valence-corrected chi connectivity index (χ1v) is 8.26. The van der Waals surface area contributed by atoms with Gasteiger partial charge in [0.2, 0.25) is 0 Å². The molecule has 25 heavy (non-hydrogen) atoms. The van der Waals surface area contributed by atoms with Gasteiger partial charge in [0.05, 0.1) is 6.42 Å². The number of hydrogen-bond donors (Lipinski definition) is 1. The fourth-order valence-corrected chi connectivity index (χ4v) is 2.38. The molecule has 0 saturated heterocycles. The number of esters is 1. The fraction of sp³-hybridized carbons (Fsp3) is 0.300. The first-order valence-electron chi connectivity index (χ1n) is 8.26. The van der Waals surface area contributed by atoms with E-state index in [1.54, 1.807) is 0 Å². The van der Waals surface area contributed by atoms with Crippen LogP contribution in [-0.2, 0) is 27.2 Å². The van der Waals surface area contributed by atoms with Crippen LogP contribution in [0.5, 0.6) is 0 Å². The van der Waals surface area contributed by atoms with Crippen molar-refractivity contribution in [3.63, 3.8) is 0 Å². The Morgan fingerprint density at radius 3 is 2.40 bits per heavy atom. The number of aryl methyl sites for hydroxylation is 1. The maximum atomic E-state index is 12.8. The van der Waals surface area contributed by atoms with Gasteiger partial charge in [-0.15, -0.1) is 0 Å². The lowest BCUT2D eigenvalue weighted by Gasteiger charge is -2.14. The number of benzene rings is 2. The molecule has 0 aliphatic heterocycles. The molecule has 0 aromatic heterocycles. The van der Waals surface area contributed by atoms with Crippen molar-refractivity contribution in [1.82, 2.24) is 5.32 Å². The molecule has 1 unspecified atom stereocenters. The summed E-state index contributed by atoms with van der Waals surface area (Å²) in [6.45, 7) is 1.61. The first kappa shape index (κ1) is 18.6. The lowest BCUT2D eigenvalue weighted by atomic mass is 10.1. The number of hydrogen-bond acceptors (Lipinski definition) is 3. The van der Waals surface area contributed by atoms with E-state index in [9.17, 15) is 14.0 Å². The van der Waals surface area contributed by atoms with Crippen LogP contribution in [0.15, 0.2) is 54.6 Å². The maximum Gasteiger partial charge on any atom is 0.310 e. The summed E-state index contributed by atoms with van der Waals surface area (Å²) < 4.78 is 17.8. The van der Waals surface area contributed by atoms with Gasteiger partial charge in [-0.3, -0.25) is 9.59 Å². The third-order valence-corrected chi connectivity index (χ3v) is 3.74. The van der Waals surface area contributed by atoms with Crippen molar-refractivity contribution in [2.24, 2.45) is 0 Å². The van der Waals surface area contributed by atoms with Gasteiger partial charge < -0.3 is 10.1 Å². The molecule has 0 saturated carbocycles. The van der Waals surface area contributed by atoms with Crippen molar-refractivity contribution in [3.8, 4) is 0 Å². The van der Waals surface area contributed by atoms with Crippen LogP contribution in [0.25, 0.3) is 0 Å². The van der Waals surface area contributed by atoms with Gasteiger partial charge in [0.15, 0.2) is 6.61 Å². The number of ether oxygens (including phenoxy) is 1. The molecular formula is C20H22FNO3. The highest BCUT2D eigenvalue weighted by molar-refractivity contribution is 5.81. The van der Waals surface area contributed by atoms with Gasteiger partial charge in [0.25, 0.3) is 5.91 Å². The van der Waals surface area contributed by atoms with E-state index in [0.29, 0.717) is 5.56 Å². The molecule has 0 bridgehead atoms. The van der Waals surface area contributed by atoms with Crippen molar-refractivity contribution in [3.05, 3.63) is 71.5 Å². The minimum Gasteiger partial charge on any atom is -0.455 e. The zero-order valence-corrected chi connectivity index (χ0v) is 14.2. The van der Waals surface area contributed by atoms with Gasteiger partial charge in [-0.25, -0.2) is 4.39 Å². The minimum absolute atomic E-state index is 0.0106. The molecular weight excluding hydrogens is 321 g/mol. The van der Waals surface area contributed by atoms with Gasteiger partial charge in [0.1, 0.15) is 5.82 Å². The lowest BCUT2D eigenvalue weighted by molar-refractivity contribution is -0.148. The number of amides is 1. The summed E-state index contributed by atoms with van der Waals surface area (Å²) >= 11 is 0. The second kappa shape index (κ2) is 9.57. The van der Waals surface area contributed by atoms with E-state index < -0.39 is 5.97 Å². The molecule has 0 heterocycles. The smallest absolute Gasteiger partial charge is 0.310 e. The van der Waals surface area contributed by atoms with Crippen LogP contribution in [0.1, 0.15) is 24.5 Å². The highest BCUT2D eigenvalue weighted by Gasteiger charge is 2.11. The highest BCUT2D eigenvalue weighted by atomic mass is 19.1. The van der Waals surface area contributed by atoms with Gasteiger partial charge in [0, 0.05) is 6.04 Å². The molecule has 0 radical (unpaired) electrons. The average Bonchev–Trinajstić information content (AvgIpc) is 2.61. The minimum atomic E-state index is -0.515. The average molecular weight is 343 g/mol. The second-order valence-electron chi connectivity index (χ2n) is 5.96. The quantitative estimate of drug-likeness (QED) is 0.750.